The minimum atomic E-state index is -2.12. The zero-order chi connectivity index (χ0) is 22.1. The number of hydrogen-bond donors (Lipinski definition) is 0. The first-order chi connectivity index (χ1) is 14.2. The Hall–Kier alpha value is -1.85. The Morgan fingerprint density at radius 1 is 0.967 bits per heavy atom. The molecule has 5 heteroatoms. The standard InChI is InChI=1S/C25H33F2NOSi/c1-16(2)30(17(3)4,18(5)6)29-23-13-12-19(15-20-9-8-14-28-25(20)23)21-10-7-11-22(26)24(21)27/h7-11,14-18,23H,12-13H2,1-6H3. The molecule has 1 aromatic heterocycles. The average Bonchev–Trinajstić information content (AvgIpc) is 2.86. The van der Waals surface area contributed by atoms with E-state index in [-0.39, 0.29) is 6.10 Å². The highest BCUT2D eigenvalue weighted by atomic mass is 28.4. The van der Waals surface area contributed by atoms with Crippen molar-refractivity contribution in [3.8, 4) is 0 Å². The molecule has 30 heavy (non-hydrogen) atoms. The van der Waals surface area contributed by atoms with Crippen molar-refractivity contribution in [2.45, 2.75) is 77.1 Å². The van der Waals surface area contributed by atoms with Crippen molar-refractivity contribution in [1.29, 1.82) is 0 Å². The van der Waals surface area contributed by atoms with Gasteiger partial charge in [-0.1, -0.05) is 59.7 Å². The Bertz CT molecular complexity index is 901. The van der Waals surface area contributed by atoms with Crippen molar-refractivity contribution in [2.75, 3.05) is 0 Å². The molecule has 1 aliphatic carbocycles. The number of hydrogen-bond acceptors (Lipinski definition) is 2. The van der Waals surface area contributed by atoms with Crippen LogP contribution in [0.3, 0.4) is 0 Å². The average molecular weight is 430 g/mol. The van der Waals surface area contributed by atoms with Crippen LogP contribution in [0.4, 0.5) is 8.78 Å². The van der Waals surface area contributed by atoms with Crippen LogP contribution >= 0.6 is 0 Å². The molecule has 2 aromatic rings. The van der Waals surface area contributed by atoms with Gasteiger partial charge in [-0.15, -0.1) is 0 Å². The number of allylic oxidation sites excluding steroid dienone is 1. The van der Waals surface area contributed by atoms with Gasteiger partial charge in [0.25, 0.3) is 0 Å². The Kier molecular flexibility index (Phi) is 6.93. The van der Waals surface area contributed by atoms with Crippen molar-refractivity contribution < 1.29 is 13.2 Å². The normalized spacial score (nSPS) is 17.3. The van der Waals surface area contributed by atoms with Gasteiger partial charge in [-0.3, -0.25) is 4.98 Å². The van der Waals surface area contributed by atoms with Gasteiger partial charge in [-0.25, -0.2) is 8.78 Å². The summed E-state index contributed by atoms with van der Waals surface area (Å²) in [5.74, 6) is -1.61. The van der Waals surface area contributed by atoms with E-state index in [0.29, 0.717) is 35.0 Å². The number of pyridine rings is 1. The van der Waals surface area contributed by atoms with E-state index in [2.05, 4.69) is 46.5 Å². The predicted molar refractivity (Wildman–Crippen MR) is 123 cm³/mol. The summed E-state index contributed by atoms with van der Waals surface area (Å²) >= 11 is 0. The van der Waals surface area contributed by atoms with E-state index in [1.165, 1.54) is 0 Å². The Morgan fingerprint density at radius 2 is 1.63 bits per heavy atom. The summed E-state index contributed by atoms with van der Waals surface area (Å²) in [6, 6.07) is 8.24. The third-order valence-corrected chi connectivity index (χ3v) is 12.6. The van der Waals surface area contributed by atoms with Crippen LogP contribution in [-0.4, -0.2) is 13.3 Å². The minimum absolute atomic E-state index is 0.148. The van der Waals surface area contributed by atoms with E-state index in [0.717, 1.165) is 22.9 Å². The second kappa shape index (κ2) is 9.11. The molecule has 0 saturated carbocycles. The molecular weight excluding hydrogens is 396 g/mol. The van der Waals surface area contributed by atoms with E-state index in [4.69, 9.17) is 4.43 Å². The van der Waals surface area contributed by atoms with Gasteiger partial charge in [0.15, 0.2) is 11.6 Å². The van der Waals surface area contributed by atoms with Gasteiger partial charge in [-0.2, -0.15) is 0 Å². The lowest BCUT2D eigenvalue weighted by Gasteiger charge is -2.44. The molecule has 1 atom stereocenters. The molecule has 1 aliphatic rings. The quantitative estimate of drug-likeness (QED) is 0.435. The van der Waals surface area contributed by atoms with Gasteiger partial charge in [0.05, 0.1) is 11.8 Å². The van der Waals surface area contributed by atoms with Crippen LogP contribution in [0.15, 0.2) is 36.5 Å². The first kappa shape index (κ1) is 22.8. The molecule has 0 fully saturated rings. The third kappa shape index (κ3) is 4.15. The van der Waals surface area contributed by atoms with Crippen molar-refractivity contribution >= 4 is 20.0 Å². The van der Waals surface area contributed by atoms with Crippen LogP contribution in [0, 0.1) is 11.6 Å². The molecule has 0 amide bonds. The zero-order valence-corrected chi connectivity index (χ0v) is 19.9. The van der Waals surface area contributed by atoms with Crippen LogP contribution in [0.2, 0.25) is 16.6 Å². The van der Waals surface area contributed by atoms with E-state index in [1.807, 2.05) is 18.2 Å². The maximum Gasteiger partial charge on any atom is 0.201 e. The molecule has 1 unspecified atom stereocenters. The molecular formula is C25H33F2NOSi. The summed E-state index contributed by atoms with van der Waals surface area (Å²) in [4.78, 5) is 4.68. The number of fused-ring (bicyclic) bond motifs is 1. The Balaban J connectivity index is 2.04. The summed E-state index contributed by atoms with van der Waals surface area (Å²) in [5, 5.41) is 0. The second-order valence-corrected chi connectivity index (χ2v) is 14.6. The summed E-state index contributed by atoms with van der Waals surface area (Å²) < 4.78 is 35.5. The van der Waals surface area contributed by atoms with Crippen LogP contribution in [0.25, 0.3) is 11.6 Å². The second-order valence-electron chi connectivity index (χ2n) is 9.21. The zero-order valence-electron chi connectivity index (χ0n) is 18.9. The van der Waals surface area contributed by atoms with Crippen LogP contribution in [0.5, 0.6) is 0 Å². The summed E-state index contributed by atoms with van der Waals surface area (Å²) in [5.41, 5.74) is 4.33. The summed E-state index contributed by atoms with van der Waals surface area (Å²) in [6.45, 7) is 13.6. The van der Waals surface area contributed by atoms with E-state index >= 15 is 0 Å². The van der Waals surface area contributed by atoms with Crippen molar-refractivity contribution in [2.24, 2.45) is 0 Å². The number of halogens is 2. The molecule has 0 N–H and O–H groups in total. The van der Waals surface area contributed by atoms with E-state index in [1.54, 1.807) is 18.3 Å². The van der Waals surface area contributed by atoms with E-state index < -0.39 is 20.0 Å². The Morgan fingerprint density at radius 3 is 2.27 bits per heavy atom. The highest BCUT2D eigenvalue weighted by Gasteiger charge is 2.47. The smallest absolute Gasteiger partial charge is 0.201 e. The topological polar surface area (TPSA) is 22.1 Å². The van der Waals surface area contributed by atoms with Gasteiger partial charge in [-0.05, 0) is 58.8 Å². The molecule has 0 saturated heterocycles. The molecule has 3 rings (SSSR count). The van der Waals surface area contributed by atoms with E-state index in [9.17, 15) is 8.78 Å². The molecule has 0 bridgehead atoms. The highest BCUT2D eigenvalue weighted by Crippen LogP contribution is 2.47. The minimum Gasteiger partial charge on any atom is -0.408 e. The fourth-order valence-electron chi connectivity index (χ4n) is 5.24. The number of nitrogens with zero attached hydrogens (tertiary/aromatic N) is 1. The van der Waals surface area contributed by atoms with Crippen LogP contribution in [0.1, 0.15) is 77.3 Å². The van der Waals surface area contributed by atoms with Gasteiger partial charge in [0.2, 0.25) is 8.32 Å². The highest BCUT2D eigenvalue weighted by molar-refractivity contribution is 6.77. The fraction of sp³-hybridized carbons (Fsp3) is 0.480. The predicted octanol–water partition coefficient (Wildman–Crippen LogP) is 7.93. The van der Waals surface area contributed by atoms with Gasteiger partial charge in [0.1, 0.15) is 0 Å². The number of aromatic nitrogens is 1. The first-order valence-electron chi connectivity index (χ1n) is 11.0. The molecule has 0 radical (unpaired) electrons. The lowest BCUT2D eigenvalue weighted by molar-refractivity contribution is 0.164. The lowest BCUT2D eigenvalue weighted by atomic mass is 9.99. The SMILES string of the molecule is CC(C)[Si](OC1CCC(c2cccc(F)c2F)=Cc2cccnc21)(C(C)C)C(C)C. The first-order valence-corrected chi connectivity index (χ1v) is 13.1. The molecule has 0 aliphatic heterocycles. The van der Waals surface area contributed by atoms with Crippen molar-refractivity contribution in [1.82, 2.24) is 4.98 Å². The Labute approximate surface area is 180 Å². The van der Waals surface area contributed by atoms with Crippen molar-refractivity contribution in [3.05, 3.63) is 65.0 Å². The summed E-state index contributed by atoms with van der Waals surface area (Å²) in [7, 11) is -2.12. The molecule has 1 heterocycles. The third-order valence-electron chi connectivity index (χ3n) is 6.53. The van der Waals surface area contributed by atoms with Gasteiger partial charge < -0.3 is 4.43 Å². The lowest BCUT2D eigenvalue weighted by Crippen LogP contribution is -2.48. The fourth-order valence-corrected chi connectivity index (χ4v) is 10.8. The maximum atomic E-state index is 14.5. The molecule has 0 spiro atoms. The largest absolute Gasteiger partial charge is 0.408 e. The molecule has 162 valence electrons. The number of rotatable bonds is 6. The van der Waals surface area contributed by atoms with Gasteiger partial charge >= 0.3 is 0 Å². The monoisotopic (exact) mass is 429 g/mol. The van der Waals surface area contributed by atoms with Crippen LogP contribution < -0.4 is 0 Å². The molecule has 2 nitrogen and oxygen atoms in total. The summed E-state index contributed by atoms with van der Waals surface area (Å²) in [6.07, 6.45) is 4.91. The molecule has 1 aromatic carbocycles. The van der Waals surface area contributed by atoms with Gasteiger partial charge in [0, 0.05) is 11.8 Å². The van der Waals surface area contributed by atoms with Crippen molar-refractivity contribution in [3.63, 3.8) is 0 Å². The van der Waals surface area contributed by atoms with Crippen LogP contribution in [-0.2, 0) is 4.43 Å². The maximum absolute atomic E-state index is 14.5. The number of benzene rings is 1.